The van der Waals surface area contributed by atoms with E-state index in [2.05, 4.69) is 5.32 Å². The Hall–Kier alpha value is -0.0800. The Kier molecular flexibility index (Phi) is 1.65. The van der Waals surface area contributed by atoms with Crippen LogP contribution in [0.3, 0.4) is 0 Å². The fraction of sp³-hybridized carbons (Fsp3) is 1.00. The second-order valence-corrected chi connectivity index (χ2v) is 1.73. The highest BCUT2D eigenvalue weighted by atomic mass is 16.5. The molecule has 1 aliphatic heterocycles. The third-order valence-corrected chi connectivity index (χ3v) is 1.19. The van der Waals surface area contributed by atoms with Crippen molar-refractivity contribution in [3.05, 3.63) is 0 Å². The highest BCUT2D eigenvalue weighted by Crippen LogP contribution is 2.08. The minimum absolute atomic E-state index is 0.222. The Morgan fingerprint density at radius 2 is 2.57 bits per heavy atom. The molecule has 1 rings (SSSR count). The van der Waals surface area contributed by atoms with E-state index in [0.29, 0.717) is 0 Å². The summed E-state index contributed by atoms with van der Waals surface area (Å²) in [5.74, 6) is 0. The average Bonchev–Trinajstić information content (AvgIpc) is 2.14. The van der Waals surface area contributed by atoms with Gasteiger partial charge in [0.15, 0.2) is 0 Å². The lowest BCUT2D eigenvalue weighted by molar-refractivity contribution is 0.0881. The van der Waals surface area contributed by atoms with Crippen LogP contribution in [0, 0.1) is 0 Å². The molecule has 0 aliphatic carbocycles. The maximum absolute atomic E-state index is 5.14. The molecule has 0 spiro atoms. The lowest BCUT2D eigenvalue weighted by atomic mass is 10.3. The summed E-state index contributed by atoms with van der Waals surface area (Å²) in [6, 6.07) is 0. The van der Waals surface area contributed by atoms with Crippen LogP contribution < -0.4 is 5.32 Å². The topological polar surface area (TPSA) is 23.3 Å². The molecule has 0 amide bonds. The number of rotatable bonds is 1. The molecule has 1 saturated heterocycles. The summed E-state index contributed by atoms with van der Waals surface area (Å²) >= 11 is 0. The van der Waals surface area contributed by atoms with Crippen molar-refractivity contribution in [2.24, 2.45) is 0 Å². The molecule has 1 heterocycles. The number of hydrogen-bond donors (Lipinski definition) is 0. The SMILES string of the molecule is C[N][C@H]1CCCO1. The van der Waals surface area contributed by atoms with Crippen LogP contribution in [0.25, 0.3) is 0 Å². The number of nitrogens with zero attached hydrogens (tertiary/aromatic N) is 1. The van der Waals surface area contributed by atoms with Crippen molar-refractivity contribution in [3.8, 4) is 0 Å². The minimum atomic E-state index is 0.222. The van der Waals surface area contributed by atoms with Crippen molar-refractivity contribution in [1.82, 2.24) is 5.32 Å². The van der Waals surface area contributed by atoms with Gasteiger partial charge >= 0.3 is 0 Å². The van der Waals surface area contributed by atoms with E-state index in [9.17, 15) is 0 Å². The summed E-state index contributed by atoms with van der Waals surface area (Å²) in [5, 5.41) is 3.97. The molecule has 2 heteroatoms. The van der Waals surface area contributed by atoms with Crippen molar-refractivity contribution < 1.29 is 4.74 Å². The van der Waals surface area contributed by atoms with Gasteiger partial charge in [-0.15, -0.1) is 0 Å². The highest BCUT2D eigenvalue weighted by molar-refractivity contribution is 4.57. The molecule has 1 fully saturated rings. The average molecular weight is 100 g/mol. The first kappa shape index (κ1) is 5.06. The molecule has 1 atom stereocenters. The van der Waals surface area contributed by atoms with E-state index in [4.69, 9.17) is 4.74 Å². The Morgan fingerprint density at radius 3 is 2.86 bits per heavy atom. The van der Waals surface area contributed by atoms with Crippen molar-refractivity contribution in [2.75, 3.05) is 13.7 Å². The van der Waals surface area contributed by atoms with Gasteiger partial charge in [0.05, 0.1) is 0 Å². The molecule has 2 nitrogen and oxygen atoms in total. The first-order chi connectivity index (χ1) is 3.43. The normalized spacial score (nSPS) is 31.3. The Bertz CT molecular complexity index is 50.0. The third-order valence-electron chi connectivity index (χ3n) is 1.19. The molecule has 0 aromatic heterocycles. The lowest BCUT2D eigenvalue weighted by Crippen LogP contribution is -2.15. The van der Waals surface area contributed by atoms with Crippen LogP contribution in [0.15, 0.2) is 0 Å². The Labute approximate surface area is 43.9 Å². The number of hydrogen-bond acceptors (Lipinski definition) is 1. The van der Waals surface area contributed by atoms with Crippen molar-refractivity contribution >= 4 is 0 Å². The summed E-state index contributed by atoms with van der Waals surface area (Å²) in [6.45, 7) is 0.905. The molecule has 7 heavy (non-hydrogen) atoms. The summed E-state index contributed by atoms with van der Waals surface area (Å²) in [6.07, 6.45) is 2.53. The van der Waals surface area contributed by atoms with Crippen LogP contribution in [-0.4, -0.2) is 19.9 Å². The molecule has 41 valence electrons. The Balaban J connectivity index is 2.14. The van der Waals surface area contributed by atoms with Gasteiger partial charge in [-0.25, -0.2) is 5.32 Å². The van der Waals surface area contributed by atoms with E-state index in [-0.39, 0.29) is 6.23 Å². The zero-order valence-corrected chi connectivity index (χ0v) is 4.55. The van der Waals surface area contributed by atoms with E-state index in [1.54, 1.807) is 7.05 Å². The highest BCUT2D eigenvalue weighted by Gasteiger charge is 2.12. The molecule has 0 aromatic carbocycles. The van der Waals surface area contributed by atoms with Crippen molar-refractivity contribution in [3.63, 3.8) is 0 Å². The van der Waals surface area contributed by atoms with Crippen LogP contribution >= 0.6 is 0 Å². The van der Waals surface area contributed by atoms with Crippen LogP contribution in [0.4, 0.5) is 0 Å². The number of ether oxygens (including phenoxy) is 1. The molecule has 1 aliphatic rings. The van der Waals surface area contributed by atoms with E-state index in [1.165, 1.54) is 6.42 Å². The van der Waals surface area contributed by atoms with Gasteiger partial charge in [0.1, 0.15) is 6.23 Å². The molecule has 0 unspecified atom stereocenters. The monoisotopic (exact) mass is 100 g/mol. The molecular formula is C5H10NO. The zero-order valence-electron chi connectivity index (χ0n) is 4.55. The van der Waals surface area contributed by atoms with Gasteiger partial charge in [-0.05, 0) is 12.8 Å². The molecule has 0 bridgehead atoms. The van der Waals surface area contributed by atoms with Gasteiger partial charge in [-0.1, -0.05) is 0 Å². The van der Waals surface area contributed by atoms with E-state index < -0.39 is 0 Å². The third kappa shape index (κ3) is 1.14. The fourth-order valence-corrected chi connectivity index (χ4v) is 0.764. The van der Waals surface area contributed by atoms with Gasteiger partial charge in [-0.2, -0.15) is 0 Å². The van der Waals surface area contributed by atoms with E-state index in [1.807, 2.05) is 0 Å². The van der Waals surface area contributed by atoms with Crippen molar-refractivity contribution in [2.45, 2.75) is 19.1 Å². The summed E-state index contributed by atoms with van der Waals surface area (Å²) in [5.41, 5.74) is 0. The van der Waals surface area contributed by atoms with Crippen molar-refractivity contribution in [1.29, 1.82) is 0 Å². The van der Waals surface area contributed by atoms with E-state index >= 15 is 0 Å². The first-order valence-corrected chi connectivity index (χ1v) is 2.64. The smallest absolute Gasteiger partial charge is 0.123 e. The predicted molar refractivity (Wildman–Crippen MR) is 27.0 cm³/mol. The lowest BCUT2D eigenvalue weighted by Gasteiger charge is -2.01. The predicted octanol–water partition coefficient (Wildman–Crippen LogP) is 0.357. The molecular weight excluding hydrogens is 90.1 g/mol. The van der Waals surface area contributed by atoms with Crippen LogP contribution in [0.2, 0.25) is 0 Å². The second-order valence-electron chi connectivity index (χ2n) is 1.73. The van der Waals surface area contributed by atoms with E-state index in [0.717, 1.165) is 13.0 Å². The quantitative estimate of drug-likeness (QED) is 0.466. The van der Waals surface area contributed by atoms with Gasteiger partial charge in [0, 0.05) is 13.7 Å². The minimum Gasteiger partial charge on any atom is -0.362 e. The standard InChI is InChI=1S/C5H10NO/c1-6-5-3-2-4-7-5/h5H,2-4H2,1H3/t5-/m1/s1. The van der Waals surface area contributed by atoms with Crippen LogP contribution in [-0.2, 0) is 4.74 Å². The maximum Gasteiger partial charge on any atom is 0.123 e. The van der Waals surface area contributed by atoms with Gasteiger partial charge in [-0.3, -0.25) is 0 Å². The van der Waals surface area contributed by atoms with Crippen LogP contribution in [0.1, 0.15) is 12.8 Å². The second kappa shape index (κ2) is 2.28. The molecule has 0 N–H and O–H groups in total. The largest absolute Gasteiger partial charge is 0.362 e. The van der Waals surface area contributed by atoms with Crippen LogP contribution in [0.5, 0.6) is 0 Å². The molecule has 0 saturated carbocycles. The molecule has 1 radical (unpaired) electrons. The summed E-state index contributed by atoms with van der Waals surface area (Å²) < 4.78 is 5.14. The zero-order chi connectivity index (χ0) is 5.11. The maximum atomic E-state index is 5.14. The fourth-order valence-electron chi connectivity index (χ4n) is 0.764. The van der Waals surface area contributed by atoms with Gasteiger partial charge in [0.25, 0.3) is 0 Å². The summed E-state index contributed by atoms with van der Waals surface area (Å²) in [4.78, 5) is 0. The van der Waals surface area contributed by atoms with Gasteiger partial charge < -0.3 is 4.74 Å². The first-order valence-electron chi connectivity index (χ1n) is 2.64. The van der Waals surface area contributed by atoms with Gasteiger partial charge in [0.2, 0.25) is 0 Å². The summed E-state index contributed by atoms with van der Waals surface area (Å²) in [7, 11) is 1.80. The Morgan fingerprint density at radius 1 is 1.71 bits per heavy atom. The molecule has 0 aromatic rings.